The SMILES string of the molecule is CN(C(=O)OC(C)(C)C)[C@@H](CC(C)(C)F)C(=O)O[C@H](CCc1ccc(C2=CCOCC2)cc1)C(=O)OCc1ccccc1. The van der Waals surface area contributed by atoms with E-state index < -0.39 is 41.4 Å². The second kappa shape index (κ2) is 15.1. The maximum Gasteiger partial charge on any atom is 0.410 e. The normalized spacial score (nSPS) is 15.1. The molecule has 2 atom stereocenters. The van der Waals surface area contributed by atoms with Gasteiger partial charge in [-0.15, -0.1) is 0 Å². The number of ether oxygens (including phenoxy) is 4. The summed E-state index contributed by atoms with van der Waals surface area (Å²) in [6.07, 6.45) is 1.04. The Kier molecular flexibility index (Phi) is 11.9. The fraction of sp³-hybridized carbons (Fsp3) is 0.500. The highest BCUT2D eigenvalue weighted by Crippen LogP contribution is 2.24. The third kappa shape index (κ3) is 11.5. The summed E-state index contributed by atoms with van der Waals surface area (Å²) in [6.45, 7) is 8.98. The second-order valence-corrected chi connectivity index (χ2v) is 12.3. The molecule has 1 heterocycles. The van der Waals surface area contributed by atoms with Crippen molar-refractivity contribution in [1.82, 2.24) is 4.90 Å². The van der Waals surface area contributed by atoms with Gasteiger partial charge < -0.3 is 18.9 Å². The zero-order valence-electron chi connectivity index (χ0n) is 26.1. The van der Waals surface area contributed by atoms with Crippen molar-refractivity contribution >= 4 is 23.6 Å². The van der Waals surface area contributed by atoms with Crippen LogP contribution in [0.2, 0.25) is 0 Å². The first-order valence-electron chi connectivity index (χ1n) is 14.6. The predicted octanol–water partition coefficient (Wildman–Crippen LogP) is 6.45. The monoisotopic (exact) mass is 597 g/mol. The Balaban J connectivity index is 1.77. The molecule has 0 saturated heterocycles. The average molecular weight is 598 g/mol. The maximum absolute atomic E-state index is 14.8. The van der Waals surface area contributed by atoms with Gasteiger partial charge in [-0.3, -0.25) is 4.90 Å². The summed E-state index contributed by atoms with van der Waals surface area (Å²) in [5.74, 6) is -1.64. The van der Waals surface area contributed by atoms with Crippen molar-refractivity contribution in [2.45, 2.75) is 90.3 Å². The fourth-order valence-electron chi connectivity index (χ4n) is 4.54. The van der Waals surface area contributed by atoms with Gasteiger partial charge in [-0.2, -0.15) is 0 Å². The summed E-state index contributed by atoms with van der Waals surface area (Å²) in [5.41, 5.74) is 1.42. The third-order valence-corrected chi connectivity index (χ3v) is 6.83. The van der Waals surface area contributed by atoms with Crippen LogP contribution in [-0.2, 0) is 41.6 Å². The zero-order chi connectivity index (χ0) is 31.6. The number of carbonyl (C=O) groups is 3. The highest BCUT2D eigenvalue weighted by molar-refractivity contribution is 5.84. The van der Waals surface area contributed by atoms with Crippen LogP contribution in [0.1, 0.15) is 70.6 Å². The van der Waals surface area contributed by atoms with E-state index in [1.54, 1.807) is 20.8 Å². The Morgan fingerprint density at radius 3 is 2.21 bits per heavy atom. The number of carbonyl (C=O) groups excluding carboxylic acids is 3. The van der Waals surface area contributed by atoms with Gasteiger partial charge in [-0.1, -0.05) is 60.7 Å². The molecule has 2 aromatic rings. The van der Waals surface area contributed by atoms with Gasteiger partial charge in [0.05, 0.1) is 13.2 Å². The zero-order valence-corrected chi connectivity index (χ0v) is 26.1. The van der Waals surface area contributed by atoms with E-state index in [2.05, 4.69) is 6.08 Å². The lowest BCUT2D eigenvalue weighted by atomic mass is 9.98. The molecular formula is C34H44FNO7. The number of likely N-dealkylation sites (N-methyl/N-ethyl adjacent to an activating group) is 1. The Morgan fingerprint density at radius 2 is 1.63 bits per heavy atom. The molecule has 1 aliphatic rings. The van der Waals surface area contributed by atoms with Crippen LogP contribution in [0.25, 0.3) is 5.57 Å². The molecule has 0 spiro atoms. The van der Waals surface area contributed by atoms with E-state index in [1.165, 1.54) is 26.5 Å². The topological polar surface area (TPSA) is 91.4 Å². The molecule has 0 saturated carbocycles. The summed E-state index contributed by atoms with van der Waals surface area (Å²) in [7, 11) is 1.35. The summed E-state index contributed by atoms with van der Waals surface area (Å²) in [5, 5.41) is 0. The Labute approximate surface area is 254 Å². The molecule has 1 aliphatic heterocycles. The molecular weight excluding hydrogens is 553 g/mol. The van der Waals surface area contributed by atoms with Crippen LogP contribution in [0.5, 0.6) is 0 Å². The standard InChI is InChI=1S/C34H44FNO7/c1-33(2,3)43-32(39)36(6)28(22-34(4,5)35)30(37)42-29(31(38)41-23-25-10-8-7-9-11-25)17-14-24-12-15-26(16-13-24)27-18-20-40-21-19-27/h7-13,15-16,18,28-29H,14,17,19-23H2,1-6H3/t28-,29+/m0/s1. The van der Waals surface area contributed by atoms with Gasteiger partial charge in [0.25, 0.3) is 0 Å². The Morgan fingerprint density at radius 1 is 0.953 bits per heavy atom. The van der Waals surface area contributed by atoms with Gasteiger partial charge in [0.2, 0.25) is 0 Å². The van der Waals surface area contributed by atoms with Crippen molar-refractivity contribution in [3.8, 4) is 0 Å². The maximum atomic E-state index is 14.8. The molecule has 3 rings (SSSR count). The number of alkyl halides is 1. The van der Waals surface area contributed by atoms with Crippen molar-refractivity contribution in [1.29, 1.82) is 0 Å². The molecule has 43 heavy (non-hydrogen) atoms. The quantitative estimate of drug-likeness (QED) is 0.205. The highest BCUT2D eigenvalue weighted by Gasteiger charge is 2.38. The lowest BCUT2D eigenvalue weighted by Gasteiger charge is -2.32. The molecule has 0 aromatic heterocycles. The number of esters is 2. The van der Waals surface area contributed by atoms with Gasteiger partial charge in [-0.05, 0) is 76.1 Å². The molecule has 8 nitrogen and oxygen atoms in total. The van der Waals surface area contributed by atoms with E-state index in [0.717, 1.165) is 28.0 Å². The van der Waals surface area contributed by atoms with E-state index in [1.807, 2.05) is 54.6 Å². The van der Waals surface area contributed by atoms with Gasteiger partial charge in [0.15, 0.2) is 6.10 Å². The summed E-state index contributed by atoms with van der Waals surface area (Å²) in [4.78, 5) is 40.5. The van der Waals surface area contributed by atoms with Gasteiger partial charge >= 0.3 is 18.0 Å². The number of amides is 1. The summed E-state index contributed by atoms with van der Waals surface area (Å²) < 4.78 is 36.8. The Hall–Kier alpha value is -3.72. The van der Waals surface area contributed by atoms with E-state index in [0.29, 0.717) is 19.6 Å². The molecule has 2 aromatic carbocycles. The molecule has 0 aliphatic carbocycles. The van der Waals surface area contributed by atoms with Crippen LogP contribution in [0, 0.1) is 0 Å². The molecule has 1 amide bonds. The summed E-state index contributed by atoms with van der Waals surface area (Å²) in [6, 6.07) is 15.8. The van der Waals surface area contributed by atoms with Crippen LogP contribution in [0.3, 0.4) is 0 Å². The van der Waals surface area contributed by atoms with E-state index in [4.69, 9.17) is 18.9 Å². The number of halogens is 1. The molecule has 0 N–H and O–H groups in total. The number of rotatable bonds is 12. The summed E-state index contributed by atoms with van der Waals surface area (Å²) >= 11 is 0. The van der Waals surface area contributed by atoms with Crippen molar-refractivity contribution in [2.75, 3.05) is 20.3 Å². The van der Waals surface area contributed by atoms with E-state index >= 15 is 0 Å². The first-order chi connectivity index (χ1) is 20.2. The van der Waals surface area contributed by atoms with Crippen LogP contribution in [0.4, 0.5) is 9.18 Å². The molecule has 9 heteroatoms. The minimum atomic E-state index is -1.81. The minimum absolute atomic E-state index is 0.00000230. The van der Waals surface area contributed by atoms with Crippen LogP contribution in [-0.4, -0.2) is 66.6 Å². The largest absolute Gasteiger partial charge is 0.458 e. The smallest absolute Gasteiger partial charge is 0.410 e. The van der Waals surface area contributed by atoms with Crippen LogP contribution in [0.15, 0.2) is 60.7 Å². The molecule has 0 fully saturated rings. The van der Waals surface area contributed by atoms with Crippen molar-refractivity contribution < 1.29 is 37.7 Å². The van der Waals surface area contributed by atoms with Crippen LogP contribution >= 0.6 is 0 Å². The Bertz CT molecular complexity index is 1250. The number of hydrogen-bond acceptors (Lipinski definition) is 7. The number of benzene rings is 2. The first kappa shape index (κ1) is 33.8. The predicted molar refractivity (Wildman–Crippen MR) is 162 cm³/mol. The van der Waals surface area contributed by atoms with Crippen LogP contribution < -0.4 is 0 Å². The van der Waals surface area contributed by atoms with Gasteiger partial charge in [0.1, 0.15) is 23.9 Å². The molecule has 0 unspecified atom stereocenters. The van der Waals surface area contributed by atoms with E-state index in [-0.39, 0.29) is 19.4 Å². The minimum Gasteiger partial charge on any atom is -0.458 e. The van der Waals surface area contributed by atoms with E-state index in [9.17, 15) is 18.8 Å². The average Bonchev–Trinajstić information content (AvgIpc) is 2.96. The highest BCUT2D eigenvalue weighted by atomic mass is 19.1. The second-order valence-electron chi connectivity index (χ2n) is 12.3. The lowest BCUT2D eigenvalue weighted by Crippen LogP contribution is -2.49. The van der Waals surface area contributed by atoms with Crippen molar-refractivity contribution in [3.63, 3.8) is 0 Å². The number of nitrogens with zero attached hydrogens (tertiary/aromatic N) is 1. The third-order valence-electron chi connectivity index (χ3n) is 6.83. The van der Waals surface area contributed by atoms with Crippen molar-refractivity contribution in [3.05, 3.63) is 77.4 Å². The molecule has 0 radical (unpaired) electrons. The fourth-order valence-corrected chi connectivity index (χ4v) is 4.54. The molecule has 0 bridgehead atoms. The van der Waals surface area contributed by atoms with Gasteiger partial charge in [0, 0.05) is 13.5 Å². The lowest BCUT2D eigenvalue weighted by molar-refractivity contribution is -0.172. The molecule has 234 valence electrons. The van der Waals surface area contributed by atoms with Gasteiger partial charge in [-0.25, -0.2) is 18.8 Å². The van der Waals surface area contributed by atoms with Crippen molar-refractivity contribution in [2.24, 2.45) is 0 Å². The number of aryl methyl sites for hydroxylation is 1. The number of hydrogen-bond donors (Lipinski definition) is 0. The first-order valence-corrected chi connectivity index (χ1v) is 14.6.